The van der Waals surface area contributed by atoms with Crippen LogP contribution in [0.15, 0.2) is 94.8 Å². The van der Waals surface area contributed by atoms with Gasteiger partial charge in [0.15, 0.2) is 23.0 Å². The van der Waals surface area contributed by atoms with Crippen molar-refractivity contribution in [1.29, 1.82) is 0 Å². The fourth-order valence-electron chi connectivity index (χ4n) is 5.17. The van der Waals surface area contributed by atoms with Crippen LogP contribution in [0.1, 0.15) is 22.8 Å². The van der Waals surface area contributed by atoms with E-state index >= 15 is 4.39 Å². The topological polar surface area (TPSA) is 155 Å². The average Bonchev–Trinajstić information content (AvgIpc) is 3.45. The highest BCUT2D eigenvalue weighted by atomic mass is 19.1. The van der Waals surface area contributed by atoms with E-state index in [0.717, 1.165) is 39.1 Å². The van der Waals surface area contributed by atoms with Gasteiger partial charge in [-0.25, -0.2) is 27.8 Å². The molecular formula is C35H31F2N7O6. The molecule has 13 nitrogen and oxygen atoms in total. The van der Waals surface area contributed by atoms with E-state index in [-0.39, 0.29) is 35.5 Å². The zero-order valence-corrected chi connectivity index (χ0v) is 27.1. The maximum Gasteiger partial charge on any atom is 0.335 e. The molecule has 1 amide bonds. The highest BCUT2D eigenvalue weighted by molar-refractivity contribution is 6.04. The number of carbonyl (C=O) groups is 1. The van der Waals surface area contributed by atoms with E-state index in [4.69, 9.17) is 9.47 Å². The molecule has 6 aromatic rings. The second-order valence-electron chi connectivity index (χ2n) is 11.3. The van der Waals surface area contributed by atoms with E-state index in [2.05, 4.69) is 20.7 Å². The van der Waals surface area contributed by atoms with Crippen molar-refractivity contribution in [2.45, 2.75) is 19.5 Å². The van der Waals surface area contributed by atoms with Gasteiger partial charge >= 0.3 is 5.69 Å². The molecule has 0 fully saturated rings. The van der Waals surface area contributed by atoms with E-state index in [1.807, 2.05) is 24.3 Å². The molecular weight excluding hydrogens is 652 g/mol. The van der Waals surface area contributed by atoms with Crippen molar-refractivity contribution in [3.05, 3.63) is 129 Å². The lowest BCUT2D eigenvalue weighted by molar-refractivity contribution is 0.102. The molecule has 3 aromatic carbocycles. The van der Waals surface area contributed by atoms with Gasteiger partial charge in [0.1, 0.15) is 28.3 Å². The third-order valence-corrected chi connectivity index (χ3v) is 7.73. The van der Waals surface area contributed by atoms with Crippen LogP contribution in [-0.2, 0) is 13.6 Å². The molecule has 1 atom stereocenters. The number of aliphatic hydroxyl groups excluding tert-OH is 1. The fraction of sp³-hybridized carbons (Fsp3) is 0.171. The number of anilines is 2. The second-order valence-corrected chi connectivity index (χ2v) is 11.3. The highest BCUT2D eigenvalue weighted by Crippen LogP contribution is 2.36. The van der Waals surface area contributed by atoms with Crippen molar-refractivity contribution in [2.24, 2.45) is 7.05 Å². The highest BCUT2D eigenvalue weighted by Gasteiger charge is 2.21. The van der Waals surface area contributed by atoms with Gasteiger partial charge in [-0.05, 0) is 61.0 Å². The molecule has 256 valence electrons. The number of hydrogen-bond donors (Lipinski definition) is 3. The SMILES string of the molecule is COc1ccc(Cn2nc(N[C@H](C)CO)c3c(Oc4ccc(NC(=O)c5cn(C)c(=O)n(-c6ccc(F)cc6)c5=O)cc4F)ccnc32)cc1. The Bertz CT molecular complexity index is 2320. The minimum atomic E-state index is -0.938. The molecule has 3 N–H and O–H groups in total. The van der Waals surface area contributed by atoms with Gasteiger partial charge in [-0.1, -0.05) is 12.1 Å². The summed E-state index contributed by atoms with van der Waals surface area (Å²) in [4.78, 5) is 43.6. The van der Waals surface area contributed by atoms with Crippen molar-refractivity contribution in [3.8, 4) is 22.9 Å². The second kappa shape index (κ2) is 14.0. The number of nitrogens with zero attached hydrogens (tertiary/aromatic N) is 5. The lowest BCUT2D eigenvalue weighted by atomic mass is 10.2. The average molecular weight is 684 g/mol. The summed E-state index contributed by atoms with van der Waals surface area (Å²) in [5.74, 6) is -1.18. The molecule has 0 unspecified atom stereocenters. The smallest absolute Gasteiger partial charge is 0.335 e. The number of ether oxygens (including phenoxy) is 2. The van der Waals surface area contributed by atoms with Crippen molar-refractivity contribution in [2.75, 3.05) is 24.4 Å². The lowest BCUT2D eigenvalue weighted by Crippen LogP contribution is -2.41. The Morgan fingerprint density at radius 1 is 1.00 bits per heavy atom. The van der Waals surface area contributed by atoms with Gasteiger partial charge in [0, 0.05) is 43.3 Å². The van der Waals surface area contributed by atoms with E-state index in [1.165, 1.54) is 37.5 Å². The van der Waals surface area contributed by atoms with Crippen LogP contribution in [0, 0.1) is 11.6 Å². The molecule has 3 heterocycles. The molecule has 0 aliphatic carbocycles. The number of carbonyl (C=O) groups excluding carboxylic acids is 1. The molecule has 0 radical (unpaired) electrons. The van der Waals surface area contributed by atoms with Gasteiger partial charge in [0.2, 0.25) is 0 Å². The maximum absolute atomic E-state index is 15.5. The Morgan fingerprint density at radius 2 is 1.74 bits per heavy atom. The van der Waals surface area contributed by atoms with Gasteiger partial charge in [-0.15, -0.1) is 0 Å². The van der Waals surface area contributed by atoms with Crippen molar-refractivity contribution >= 4 is 28.4 Å². The van der Waals surface area contributed by atoms with Crippen LogP contribution in [-0.4, -0.2) is 54.7 Å². The molecule has 3 aromatic heterocycles. The number of amides is 1. The molecule has 0 aliphatic heterocycles. The number of hydrogen-bond acceptors (Lipinski definition) is 9. The van der Waals surface area contributed by atoms with Gasteiger partial charge in [0.25, 0.3) is 11.5 Å². The van der Waals surface area contributed by atoms with E-state index in [1.54, 1.807) is 24.8 Å². The Kier molecular flexibility index (Phi) is 9.41. The molecule has 0 aliphatic rings. The monoisotopic (exact) mass is 683 g/mol. The third-order valence-electron chi connectivity index (χ3n) is 7.73. The first-order chi connectivity index (χ1) is 24.1. The van der Waals surface area contributed by atoms with Crippen LogP contribution in [0.4, 0.5) is 20.3 Å². The van der Waals surface area contributed by atoms with Gasteiger partial charge in [-0.2, -0.15) is 5.10 Å². The number of aliphatic hydroxyl groups is 1. The summed E-state index contributed by atoms with van der Waals surface area (Å²) in [6, 6.07) is 17.0. The summed E-state index contributed by atoms with van der Waals surface area (Å²) >= 11 is 0. The molecule has 0 saturated heterocycles. The van der Waals surface area contributed by atoms with Crippen LogP contribution in [0.5, 0.6) is 17.2 Å². The van der Waals surface area contributed by atoms with Crippen molar-refractivity contribution in [1.82, 2.24) is 23.9 Å². The number of aromatic nitrogens is 5. The predicted octanol–water partition coefficient (Wildman–Crippen LogP) is 4.45. The lowest BCUT2D eigenvalue weighted by Gasteiger charge is -2.13. The van der Waals surface area contributed by atoms with Gasteiger partial charge in [-0.3, -0.25) is 9.59 Å². The number of rotatable bonds is 11. The van der Waals surface area contributed by atoms with Gasteiger partial charge in [0.05, 0.1) is 25.9 Å². The Labute approximate surface area is 283 Å². The van der Waals surface area contributed by atoms with Crippen LogP contribution in [0.25, 0.3) is 16.7 Å². The van der Waals surface area contributed by atoms with Crippen LogP contribution >= 0.6 is 0 Å². The predicted molar refractivity (Wildman–Crippen MR) is 181 cm³/mol. The van der Waals surface area contributed by atoms with Gasteiger partial charge < -0.3 is 29.8 Å². The molecule has 15 heteroatoms. The molecule has 0 saturated carbocycles. The molecule has 0 bridgehead atoms. The first kappa shape index (κ1) is 33.5. The van der Waals surface area contributed by atoms with Crippen LogP contribution in [0.2, 0.25) is 0 Å². The number of fused-ring (bicyclic) bond motifs is 1. The molecule has 0 spiro atoms. The minimum Gasteiger partial charge on any atom is -0.497 e. The number of nitrogens with one attached hydrogen (secondary N) is 2. The number of benzene rings is 3. The largest absolute Gasteiger partial charge is 0.497 e. The third kappa shape index (κ3) is 6.79. The summed E-state index contributed by atoms with van der Waals surface area (Å²) in [6.45, 7) is 1.94. The zero-order chi connectivity index (χ0) is 35.5. The number of halogens is 2. The Hall–Kier alpha value is -6.35. The summed E-state index contributed by atoms with van der Waals surface area (Å²) < 4.78 is 43.7. The van der Waals surface area contributed by atoms with Crippen molar-refractivity contribution < 1.29 is 28.2 Å². The quantitative estimate of drug-likeness (QED) is 0.180. The van der Waals surface area contributed by atoms with Crippen molar-refractivity contribution in [3.63, 3.8) is 0 Å². The minimum absolute atomic E-state index is 0.00717. The summed E-state index contributed by atoms with van der Waals surface area (Å²) in [6.07, 6.45) is 2.57. The van der Waals surface area contributed by atoms with Crippen LogP contribution in [0.3, 0.4) is 0 Å². The maximum atomic E-state index is 15.5. The summed E-state index contributed by atoms with van der Waals surface area (Å²) in [5, 5.41) is 20.4. The number of methoxy groups -OCH3 is 1. The number of aryl methyl sites for hydroxylation is 1. The molecule has 50 heavy (non-hydrogen) atoms. The normalized spacial score (nSPS) is 11.7. The first-order valence-electron chi connectivity index (χ1n) is 15.3. The van der Waals surface area contributed by atoms with E-state index < -0.39 is 34.4 Å². The van der Waals surface area contributed by atoms with E-state index in [0.29, 0.717) is 29.1 Å². The zero-order valence-electron chi connectivity index (χ0n) is 27.1. The number of pyridine rings is 1. The Balaban J connectivity index is 1.28. The molecule has 6 rings (SSSR count). The van der Waals surface area contributed by atoms with Crippen LogP contribution < -0.4 is 31.4 Å². The summed E-state index contributed by atoms with van der Waals surface area (Å²) in [7, 11) is 2.94. The first-order valence-corrected chi connectivity index (χ1v) is 15.3. The van der Waals surface area contributed by atoms with E-state index in [9.17, 15) is 23.9 Å². The Morgan fingerprint density at radius 3 is 2.42 bits per heavy atom. The standard InChI is InChI=1S/C35H31F2N7O6/c1-20(19-45)39-31-30-29(14-15-38-32(30)43(41-31)17-21-4-11-25(49-3)12-5-21)50-28-13-8-23(16-27(28)37)40-33(46)26-18-42(2)35(48)44(34(26)47)24-9-6-22(36)7-10-24/h4-16,18,20,45H,17,19H2,1-3H3,(H,39,41)(H,40,46)/t20-/m1/s1. The summed E-state index contributed by atoms with van der Waals surface area (Å²) in [5.41, 5.74) is -0.648. The fourth-order valence-corrected chi connectivity index (χ4v) is 5.17.